The van der Waals surface area contributed by atoms with Gasteiger partial charge in [0.15, 0.2) is 0 Å². The van der Waals surface area contributed by atoms with E-state index in [1.165, 1.54) is 31.4 Å². The van der Waals surface area contributed by atoms with Gasteiger partial charge in [-0.3, -0.25) is 14.5 Å². The molecule has 7 rings (SSSR count). The first-order chi connectivity index (χ1) is 18.0. The molecule has 5 fully saturated rings. The third-order valence-corrected chi connectivity index (χ3v) is 9.44. The molecule has 9 heteroatoms. The van der Waals surface area contributed by atoms with E-state index < -0.39 is 22.9 Å². The zero-order valence-corrected chi connectivity index (χ0v) is 21.3. The molecular formula is C29H34F3N3O3. The molecule has 1 amide bonds. The van der Waals surface area contributed by atoms with Crippen molar-refractivity contribution in [2.45, 2.75) is 75.2 Å². The summed E-state index contributed by atoms with van der Waals surface area (Å²) in [4.78, 5) is 30.8. The van der Waals surface area contributed by atoms with Crippen LogP contribution in [0.25, 0.3) is 0 Å². The number of rotatable bonds is 5. The first kappa shape index (κ1) is 25.6. The fraction of sp³-hybridized carbons (Fsp3) is 0.586. The van der Waals surface area contributed by atoms with Gasteiger partial charge in [-0.25, -0.2) is 0 Å². The van der Waals surface area contributed by atoms with Crippen LogP contribution in [0.3, 0.4) is 0 Å². The zero-order chi connectivity index (χ0) is 26.7. The molecule has 2 aromatic rings. The van der Waals surface area contributed by atoms with Crippen molar-refractivity contribution in [3.05, 3.63) is 69.1 Å². The highest BCUT2D eigenvalue weighted by Gasteiger charge is 2.51. The number of amides is 1. The fourth-order valence-corrected chi connectivity index (χ4v) is 7.95. The minimum absolute atomic E-state index is 0.127. The van der Waals surface area contributed by atoms with Gasteiger partial charge >= 0.3 is 6.18 Å². The molecule has 0 spiro atoms. The lowest BCUT2D eigenvalue weighted by atomic mass is 9.53. The van der Waals surface area contributed by atoms with Gasteiger partial charge in [-0.15, -0.1) is 0 Å². The monoisotopic (exact) mass is 529 g/mol. The summed E-state index contributed by atoms with van der Waals surface area (Å²) in [5.74, 6) is 1.78. The number of carbonyl (C=O) groups is 1. The van der Waals surface area contributed by atoms with Crippen LogP contribution in [0.2, 0.25) is 0 Å². The van der Waals surface area contributed by atoms with E-state index >= 15 is 0 Å². The lowest BCUT2D eigenvalue weighted by molar-refractivity contribution is -0.137. The molecule has 2 heterocycles. The summed E-state index contributed by atoms with van der Waals surface area (Å²) in [6.07, 6.45) is 2.98. The normalized spacial score (nSPS) is 30.4. The van der Waals surface area contributed by atoms with Crippen LogP contribution in [-0.4, -0.2) is 39.5 Å². The topological polar surface area (TPSA) is 85.4 Å². The second-order valence-corrected chi connectivity index (χ2v) is 12.3. The Labute approximate surface area is 219 Å². The van der Waals surface area contributed by atoms with Gasteiger partial charge in [-0.05, 0) is 98.9 Å². The standard InChI is InChI=1S/C29H34F3N3O3/c30-29(31,32)22-3-1-2-21(13-22)28(38)6-8-35(9-7-28)17-23-4-5-24(25(36)33-23)26(37)34-27-14-18-10-19(15-27)12-20(11-18)16-27/h1-5,13,18-20,38H,6-12,14-17H2,(H,33,36)(H,34,37). The molecule has 5 aliphatic rings. The van der Waals surface area contributed by atoms with Crippen LogP contribution in [0, 0.1) is 17.8 Å². The number of halogens is 3. The molecule has 1 aliphatic heterocycles. The predicted octanol–water partition coefficient (Wildman–Crippen LogP) is 4.58. The van der Waals surface area contributed by atoms with Gasteiger partial charge in [0, 0.05) is 30.9 Å². The zero-order valence-electron chi connectivity index (χ0n) is 21.3. The van der Waals surface area contributed by atoms with E-state index in [9.17, 15) is 27.9 Å². The molecule has 0 atom stereocenters. The quantitative estimate of drug-likeness (QED) is 0.530. The van der Waals surface area contributed by atoms with Crippen LogP contribution in [0.1, 0.15) is 78.5 Å². The lowest BCUT2D eigenvalue weighted by Gasteiger charge is -2.56. The Morgan fingerprint density at radius 2 is 1.66 bits per heavy atom. The van der Waals surface area contributed by atoms with Crippen molar-refractivity contribution in [1.29, 1.82) is 0 Å². The van der Waals surface area contributed by atoms with Crippen LogP contribution >= 0.6 is 0 Å². The fourth-order valence-electron chi connectivity index (χ4n) is 7.95. The number of alkyl halides is 3. The largest absolute Gasteiger partial charge is 0.416 e. The number of pyridine rings is 1. The summed E-state index contributed by atoms with van der Waals surface area (Å²) >= 11 is 0. The number of nitrogens with one attached hydrogen (secondary N) is 2. The number of aromatic nitrogens is 1. The van der Waals surface area contributed by atoms with Crippen molar-refractivity contribution in [2.24, 2.45) is 17.8 Å². The Bertz CT molecular complexity index is 1240. The molecule has 4 aliphatic carbocycles. The molecule has 1 aromatic carbocycles. The summed E-state index contributed by atoms with van der Waals surface area (Å²) < 4.78 is 39.4. The number of aliphatic hydroxyl groups is 1. The van der Waals surface area contributed by atoms with Crippen molar-refractivity contribution in [1.82, 2.24) is 15.2 Å². The average Bonchev–Trinajstić information content (AvgIpc) is 2.84. The highest BCUT2D eigenvalue weighted by molar-refractivity contribution is 5.94. The van der Waals surface area contributed by atoms with Gasteiger partial charge in [0.2, 0.25) is 0 Å². The second kappa shape index (κ2) is 9.23. The van der Waals surface area contributed by atoms with Gasteiger partial charge in [-0.2, -0.15) is 13.2 Å². The van der Waals surface area contributed by atoms with E-state index in [0.717, 1.165) is 31.4 Å². The van der Waals surface area contributed by atoms with Crippen molar-refractivity contribution >= 4 is 5.91 Å². The third kappa shape index (κ3) is 4.91. The maximum Gasteiger partial charge on any atom is 0.416 e. The van der Waals surface area contributed by atoms with Crippen LogP contribution in [0.5, 0.6) is 0 Å². The van der Waals surface area contributed by atoms with E-state index in [4.69, 9.17) is 0 Å². The summed E-state index contributed by atoms with van der Waals surface area (Å²) in [5, 5.41) is 14.3. The number of H-pyrrole nitrogens is 1. The molecular weight excluding hydrogens is 495 g/mol. The van der Waals surface area contributed by atoms with Crippen LogP contribution in [0.15, 0.2) is 41.2 Å². The molecule has 204 valence electrons. The van der Waals surface area contributed by atoms with E-state index in [0.29, 0.717) is 43.1 Å². The van der Waals surface area contributed by atoms with E-state index in [1.807, 2.05) is 4.90 Å². The predicted molar refractivity (Wildman–Crippen MR) is 135 cm³/mol. The van der Waals surface area contributed by atoms with Crippen molar-refractivity contribution < 1.29 is 23.1 Å². The Morgan fingerprint density at radius 1 is 1.03 bits per heavy atom. The Balaban J connectivity index is 1.08. The molecule has 4 saturated carbocycles. The van der Waals surface area contributed by atoms with Gasteiger partial charge in [0.05, 0.1) is 11.2 Å². The maximum atomic E-state index is 13.1. The first-order valence-electron chi connectivity index (χ1n) is 13.7. The Hall–Kier alpha value is -2.65. The van der Waals surface area contributed by atoms with Crippen molar-refractivity contribution in [3.63, 3.8) is 0 Å². The molecule has 1 saturated heterocycles. The van der Waals surface area contributed by atoms with Crippen molar-refractivity contribution in [2.75, 3.05) is 13.1 Å². The van der Waals surface area contributed by atoms with Gasteiger partial charge in [-0.1, -0.05) is 12.1 Å². The number of likely N-dealkylation sites (tertiary alicyclic amines) is 1. The van der Waals surface area contributed by atoms with Crippen molar-refractivity contribution in [3.8, 4) is 0 Å². The molecule has 0 unspecified atom stereocenters. The molecule has 4 bridgehead atoms. The summed E-state index contributed by atoms with van der Waals surface area (Å²) in [7, 11) is 0. The molecule has 3 N–H and O–H groups in total. The highest BCUT2D eigenvalue weighted by Crippen LogP contribution is 2.55. The number of piperidine rings is 1. The summed E-state index contributed by atoms with van der Waals surface area (Å²) in [5.41, 5.74) is -1.62. The molecule has 6 nitrogen and oxygen atoms in total. The van der Waals surface area contributed by atoms with E-state index in [2.05, 4.69) is 10.3 Å². The van der Waals surface area contributed by atoms with E-state index in [-0.39, 0.29) is 35.4 Å². The number of aromatic amines is 1. The number of carbonyl (C=O) groups excluding carboxylic acids is 1. The molecule has 38 heavy (non-hydrogen) atoms. The highest BCUT2D eigenvalue weighted by atomic mass is 19.4. The number of hydrogen-bond donors (Lipinski definition) is 3. The summed E-state index contributed by atoms with van der Waals surface area (Å²) in [6.45, 7) is 1.34. The first-order valence-corrected chi connectivity index (χ1v) is 13.7. The van der Waals surface area contributed by atoms with Gasteiger partial charge in [0.1, 0.15) is 5.56 Å². The smallest absolute Gasteiger partial charge is 0.385 e. The minimum Gasteiger partial charge on any atom is -0.385 e. The number of hydrogen-bond acceptors (Lipinski definition) is 4. The van der Waals surface area contributed by atoms with Crippen LogP contribution < -0.4 is 10.9 Å². The second-order valence-electron chi connectivity index (χ2n) is 12.3. The van der Waals surface area contributed by atoms with Crippen LogP contribution in [0.4, 0.5) is 13.2 Å². The SMILES string of the molecule is O=C(NC12CC3CC(CC(C3)C1)C2)c1ccc(CN2CCC(O)(c3cccc(C(F)(F)F)c3)CC2)[nH]c1=O. The molecule has 0 radical (unpaired) electrons. The minimum atomic E-state index is -4.46. The lowest BCUT2D eigenvalue weighted by Crippen LogP contribution is -2.60. The van der Waals surface area contributed by atoms with E-state index in [1.54, 1.807) is 12.1 Å². The summed E-state index contributed by atoms with van der Waals surface area (Å²) in [6, 6.07) is 8.24. The van der Waals surface area contributed by atoms with Gasteiger partial charge in [0.25, 0.3) is 11.5 Å². The van der Waals surface area contributed by atoms with Crippen LogP contribution in [-0.2, 0) is 18.3 Å². The average molecular weight is 530 g/mol. The Morgan fingerprint density at radius 3 is 2.24 bits per heavy atom. The third-order valence-electron chi connectivity index (χ3n) is 9.44. The number of benzene rings is 1. The number of nitrogens with zero attached hydrogens (tertiary/aromatic N) is 1. The molecule has 1 aromatic heterocycles. The maximum absolute atomic E-state index is 13.1. The van der Waals surface area contributed by atoms with Gasteiger partial charge < -0.3 is 15.4 Å². The Kier molecular flexibility index (Phi) is 6.22.